The number of phenols is 1. The number of rotatable bonds is 3. The van der Waals surface area contributed by atoms with Gasteiger partial charge in [0.25, 0.3) is 5.95 Å². The van der Waals surface area contributed by atoms with Crippen LogP contribution >= 0.6 is 0 Å². The van der Waals surface area contributed by atoms with Gasteiger partial charge in [-0.15, -0.1) is 0 Å². The lowest BCUT2D eigenvalue weighted by molar-refractivity contribution is 0.384. The maximum atomic E-state index is 9.21. The standard InChI is InChI=1S/C13H15N3O2/c17-11-5-3-10(4-6-11)9-12-14-13(15-18-12)16-7-1-2-8-16/h3-6,17H,1-2,7-9H2. The summed E-state index contributed by atoms with van der Waals surface area (Å²) in [5.74, 6) is 1.57. The predicted molar refractivity (Wildman–Crippen MR) is 66.7 cm³/mol. The zero-order valence-corrected chi connectivity index (χ0v) is 10.0. The monoisotopic (exact) mass is 245 g/mol. The number of anilines is 1. The van der Waals surface area contributed by atoms with Crippen LogP contribution in [0.4, 0.5) is 5.95 Å². The molecule has 0 spiro atoms. The van der Waals surface area contributed by atoms with Gasteiger partial charge >= 0.3 is 0 Å². The van der Waals surface area contributed by atoms with Gasteiger partial charge in [0.1, 0.15) is 5.75 Å². The minimum absolute atomic E-state index is 0.266. The Morgan fingerprint density at radius 3 is 2.61 bits per heavy atom. The van der Waals surface area contributed by atoms with Gasteiger partial charge in [0.2, 0.25) is 5.89 Å². The van der Waals surface area contributed by atoms with Crippen molar-refractivity contribution < 1.29 is 9.63 Å². The highest BCUT2D eigenvalue weighted by atomic mass is 16.5. The third kappa shape index (κ3) is 2.30. The average molecular weight is 245 g/mol. The lowest BCUT2D eigenvalue weighted by Gasteiger charge is -2.09. The average Bonchev–Trinajstić information content (AvgIpc) is 3.02. The number of hydrogen-bond acceptors (Lipinski definition) is 5. The summed E-state index contributed by atoms with van der Waals surface area (Å²) in [7, 11) is 0. The molecule has 0 radical (unpaired) electrons. The van der Waals surface area contributed by atoms with E-state index in [-0.39, 0.29) is 5.75 Å². The second-order valence-electron chi connectivity index (χ2n) is 4.53. The normalized spacial score (nSPS) is 15.2. The third-order valence-corrected chi connectivity index (χ3v) is 3.14. The Bertz CT molecular complexity index is 515. The fraction of sp³-hybridized carbons (Fsp3) is 0.385. The van der Waals surface area contributed by atoms with Gasteiger partial charge in [-0.1, -0.05) is 12.1 Å². The van der Waals surface area contributed by atoms with E-state index in [1.54, 1.807) is 12.1 Å². The molecule has 0 saturated carbocycles. The van der Waals surface area contributed by atoms with Gasteiger partial charge in [-0.25, -0.2) is 0 Å². The van der Waals surface area contributed by atoms with E-state index in [2.05, 4.69) is 15.0 Å². The van der Waals surface area contributed by atoms with E-state index in [0.717, 1.165) is 18.7 Å². The van der Waals surface area contributed by atoms with Gasteiger partial charge in [0.05, 0.1) is 6.42 Å². The molecule has 1 N–H and O–H groups in total. The Morgan fingerprint density at radius 2 is 1.89 bits per heavy atom. The summed E-state index contributed by atoms with van der Waals surface area (Å²) in [6, 6.07) is 7.03. The Hall–Kier alpha value is -2.04. The second-order valence-corrected chi connectivity index (χ2v) is 4.53. The van der Waals surface area contributed by atoms with Crippen LogP contribution in [-0.2, 0) is 6.42 Å². The summed E-state index contributed by atoms with van der Waals surface area (Å²) in [5, 5.41) is 13.2. The summed E-state index contributed by atoms with van der Waals surface area (Å²) in [5.41, 5.74) is 1.05. The number of aromatic nitrogens is 2. The van der Waals surface area contributed by atoms with Crippen molar-refractivity contribution in [2.24, 2.45) is 0 Å². The Balaban J connectivity index is 1.71. The number of phenolic OH excluding ortho intramolecular Hbond substituents is 1. The molecule has 1 aromatic carbocycles. The maximum absolute atomic E-state index is 9.21. The fourth-order valence-corrected chi connectivity index (χ4v) is 2.15. The fourth-order valence-electron chi connectivity index (χ4n) is 2.15. The van der Waals surface area contributed by atoms with Crippen molar-refractivity contribution in [2.45, 2.75) is 19.3 Å². The first-order valence-electron chi connectivity index (χ1n) is 6.17. The number of hydrogen-bond donors (Lipinski definition) is 1. The zero-order valence-electron chi connectivity index (χ0n) is 10.0. The third-order valence-electron chi connectivity index (χ3n) is 3.14. The highest BCUT2D eigenvalue weighted by Crippen LogP contribution is 2.18. The maximum Gasteiger partial charge on any atom is 0.266 e. The molecule has 1 aromatic heterocycles. The lowest BCUT2D eigenvalue weighted by atomic mass is 10.1. The molecule has 94 valence electrons. The van der Waals surface area contributed by atoms with Crippen molar-refractivity contribution in [1.82, 2.24) is 10.1 Å². The van der Waals surface area contributed by atoms with Crippen LogP contribution in [0.15, 0.2) is 28.8 Å². The van der Waals surface area contributed by atoms with Crippen LogP contribution in [-0.4, -0.2) is 28.3 Å². The quantitative estimate of drug-likeness (QED) is 0.895. The van der Waals surface area contributed by atoms with E-state index < -0.39 is 0 Å². The van der Waals surface area contributed by atoms with Crippen LogP contribution in [0.2, 0.25) is 0 Å². The minimum atomic E-state index is 0.266. The molecule has 18 heavy (non-hydrogen) atoms. The van der Waals surface area contributed by atoms with Crippen LogP contribution in [0.3, 0.4) is 0 Å². The van der Waals surface area contributed by atoms with Gasteiger partial charge in [-0.3, -0.25) is 0 Å². The van der Waals surface area contributed by atoms with E-state index in [9.17, 15) is 5.11 Å². The molecule has 0 unspecified atom stereocenters. The molecule has 1 saturated heterocycles. The molecule has 3 rings (SSSR count). The van der Waals surface area contributed by atoms with Crippen molar-refractivity contribution in [3.05, 3.63) is 35.7 Å². The Morgan fingerprint density at radius 1 is 1.17 bits per heavy atom. The van der Waals surface area contributed by atoms with E-state index in [1.165, 1.54) is 12.8 Å². The first kappa shape index (κ1) is 11.1. The van der Waals surface area contributed by atoms with Gasteiger partial charge in [0.15, 0.2) is 0 Å². The van der Waals surface area contributed by atoms with Crippen molar-refractivity contribution in [2.75, 3.05) is 18.0 Å². The van der Waals surface area contributed by atoms with E-state index in [1.807, 2.05) is 12.1 Å². The molecule has 0 amide bonds. The summed E-state index contributed by atoms with van der Waals surface area (Å²) < 4.78 is 5.25. The molecular weight excluding hydrogens is 230 g/mol. The SMILES string of the molecule is Oc1ccc(Cc2nc(N3CCCC3)no2)cc1. The van der Waals surface area contributed by atoms with Crippen LogP contribution in [0.5, 0.6) is 5.75 Å². The van der Waals surface area contributed by atoms with Crippen molar-refractivity contribution in [3.8, 4) is 5.75 Å². The molecule has 1 fully saturated rings. The summed E-state index contributed by atoms with van der Waals surface area (Å²) in [6.07, 6.45) is 2.99. The highest BCUT2D eigenvalue weighted by molar-refractivity contribution is 5.31. The van der Waals surface area contributed by atoms with Crippen LogP contribution in [0.25, 0.3) is 0 Å². The first-order chi connectivity index (χ1) is 8.81. The molecule has 5 nitrogen and oxygen atoms in total. The second kappa shape index (κ2) is 4.68. The zero-order chi connectivity index (χ0) is 12.4. The van der Waals surface area contributed by atoms with Gasteiger partial charge in [0, 0.05) is 13.1 Å². The van der Waals surface area contributed by atoms with Crippen LogP contribution < -0.4 is 4.90 Å². The van der Waals surface area contributed by atoms with Gasteiger partial charge in [-0.05, 0) is 35.7 Å². The van der Waals surface area contributed by atoms with Gasteiger partial charge in [-0.2, -0.15) is 4.98 Å². The Kier molecular flexibility index (Phi) is 2.88. The summed E-state index contributed by atoms with van der Waals surface area (Å²) in [6.45, 7) is 2.02. The lowest BCUT2D eigenvalue weighted by Crippen LogP contribution is -2.18. The number of aromatic hydroxyl groups is 1. The van der Waals surface area contributed by atoms with Crippen molar-refractivity contribution >= 4 is 5.95 Å². The predicted octanol–water partition coefficient (Wildman–Crippen LogP) is 1.97. The largest absolute Gasteiger partial charge is 0.508 e. The van der Waals surface area contributed by atoms with E-state index in [4.69, 9.17) is 4.52 Å². The molecule has 0 atom stereocenters. The minimum Gasteiger partial charge on any atom is -0.508 e. The molecule has 2 heterocycles. The molecule has 0 aliphatic carbocycles. The molecule has 5 heteroatoms. The highest BCUT2D eigenvalue weighted by Gasteiger charge is 2.17. The topological polar surface area (TPSA) is 62.4 Å². The number of benzene rings is 1. The van der Waals surface area contributed by atoms with E-state index >= 15 is 0 Å². The summed E-state index contributed by atoms with van der Waals surface area (Å²) in [4.78, 5) is 6.54. The van der Waals surface area contributed by atoms with E-state index in [0.29, 0.717) is 18.3 Å². The molecule has 1 aliphatic heterocycles. The van der Waals surface area contributed by atoms with Crippen molar-refractivity contribution in [1.29, 1.82) is 0 Å². The summed E-state index contributed by atoms with van der Waals surface area (Å²) >= 11 is 0. The van der Waals surface area contributed by atoms with Crippen LogP contribution in [0.1, 0.15) is 24.3 Å². The molecule has 2 aromatic rings. The smallest absolute Gasteiger partial charge is 0.266 e. The Labute approximate surface area is 105 Å². The van der Waals surface area contributed by atoms with Crippen LogP contribution in [0, 0.1) is 0 Å². The molecule has 0 bridgehead atoms. The van der Waals surface area contributed by atoms with Crippen molar-refractivity contribution in [3.63, 3.8) is 0 Å². The first-order valence-corrected chi connectivity index (χ1v) is 6.17. The van der Waals surface area contributed by atoms with Gasteiger partial charge < -0.3 is 14.5 Å². The number of nitrogens with zero attached hydrogens (tertiary/aromatic N) is 3. The molecular formula is C13H15N3O2. The molecule has 1 aliphatic rings.